The van der Waals surface area contributed by atoms with Crippen LogP contribution in [0.25, 0.3) is 34.4 Å². The molecule has 4 aromatic rings. The number of ether oxygens (including phenoxy) is 1. The van der Waals surface area contributed by atoms with Crippen LogP contribution in [0.1, 0.15) is 21.6 Å². The Morgan fingerprint density at radius 2 is 1.76 bits per heavy atom. The molecule has 1 saturated heterocycles. The van der Waals surface area contributed by atoms with Crippen molar-refractivity contribution < 1.29 is 19.4 Å². The Hall–Kier alpha value is -4.34. The summed E-state index contributed by atoms with van der Waals surface area (Å²) in [6.07, 6.45) is 3.83. The number of H-pyrrole nitrogens is 1. The van der Waals surface area contributed by atoms with E-state index in [-0.39, 0.29) is 24.0 Å². The molecule has 0 radical (unpaired) electrons. The summed E-state index contributed by atoms with van der Waals surface area (Å²) in [5.41, 5.74) is 4.03. The normalized spacial score (nSPS) is 14.4. The van der Waals surface area contributed by atoms with Crippen LogP contribution in [0.3, 0.4) is 0 Å². The zero-order chi connectivity index (χ0) is 26.5. The van der Waals surface area contributed by atoms with Crippen molar-refractivity contribution in [1.29, 1.82) is 0 Å². The van der Waals surface area contributed by atoms with E-state index in [0.717, 1.165) is 11.1 Å². The molecule has 2 aromatic carbocycles. The molecule has 1 aliphatic rings. The summed E-state index contributed by atoms with van der Waals surface area (Å²) in [6, 6.07) is 18.4. The van der Waals surface area contributed by atoms with Gasteiger partial charge >= 0.3 is 0 Å². The first-order chi connectivity index (χ1) is 18.5. The molecule has 1 fully saturated rings. The van der Waals surface area contributed by atoms with Crippen molar-refractivity contribution in [3.8, 4) is 17.0 Å². The number of piperazine rings is 1. The highest BCUT2D eigenvalue weighted by molar-refractivity contribution is 6.09. The zero-order valence-electron chi connectivity index (χ0n) is 21.1. The smallest absolute Gasteiger partial charge is 0.254 e. The molecule has 2 N–H and O–H groups in total. The van der Waals surface area contributed by atoms with Crippen LogP contribution in [0.15, 0.2) is 60.7 Å². The van der Waals surface area contributed by atoms with Gasteiger partial charge < -0.3 is 14.7 Å². The number of hydrogen-bond acceptors (Lipinski definition) is 7. The van der Waals surface area contributed by atoms with Gasteiger partial charge in [-0.2, -0.15) is 5.10 Å². The first kappa shape index (κ1) is 25.3. The maximum atomic E-state index is 13.9. The van der Waals surface area contributed by atoms with Crippen molar-refractivity contribution in [2.75, 3.05) is 46.4 Å². The van der Waals surface area contributed by atoms with Crippen LogP contribution in [0.5, 0.6) is 5.75 Å². The Bertz CT molecular complexity index is 1460. The van der Waals surface area contributed by atoms with Crippen molar-refractivity contribution in [2.24, 2.45) is 0 Å². The number of phenolic OH excluding ortho intramolecular Hbond substituents is 1. The standard InChI is InChI=1S/C29H29N5O4/c1-38-19-23(36)18-33-13-15-34(16-14-33)29(37)24-17-26(21-8-10-22(35)11-9-21)30-28-27(24)25(31-32-28)12-7-20-5-3-2-4-6-20/h2-12,17,35H,13-16,18-19H2,1H3,(H,30,31,32). The van der Waals surface area contributed by atoms with Gasteiger partial charge in [-0.1, -0.05) is 36.4 Å². The van der Waals surface area contributed by atoms with Crippen molar-refractivity contribution in [3.63, 3.8) is 0 Å². The fraction of sp³-hybridized carbons (Fsp3) is 0.241. The number of aromatic nitrogens is 3. The summed E-state index contributed by atoms with van der Waals surface area (Å²) >= 11 is 0. The first-order valence-corrected chi connectivity index (χ1v) is 12.5. The molecule has 0 spiro atoms. The summed E-state index contributed by atoms with van der Waals surface area (Å²) < 4.78 is 4.93. The Morgan fingerprint density at radius 1 is 1.03 bits per heavy atom. The van der Waals surface area contributed by atoms with E-state index >= 15 is 0 Å². The Morgan fingerprint density at radius 3 is 2.47 bits per heavy atom. The number of ketones is 1. The van der Waals surface area contributed by atoms with E-state index in [0.29, 0.717) is 60.7 Å². The summed E-state index contributed by atoms with van der Waals surface area (Å²) in [5.74, 6) is 0.0637. The van der Waals surface area contributed by atoms with Crippen LogP contribution in [0, 0.1) is 0 Å². The van der Waals surface area contributed by atoms with E-state index in [2.05, 4.69) is 10.2 Å². The number of fused-ring (bicyclic) bond motifs is 1. The second-order valence-electron chi connectivity index (χ2n) is 9.22. The van der Waals surface area contributed by atoms with E-state index in [1.54, 1.807) is 30.3 Å². The minimum atomic E-state index is -0.115. The molecule has 0 unspecified atom stereocenters. The van der Waals surface area contributed by atoms with Crippen molar-refractivity contribution >= 4 is 34.9 Å². The summed E-state index contributed by atoms with van der Waals surface area (Å²) in [5, 5.41) is 17.8. The molecule has 0 atom stereocenters. The van der Waals surface area contributed by atoms with Crippen molar-refractivity contribution in [3.05, 3.63) is 77.5 Å². The number of nitrogens with zero attached hydrogens (tertiary/aromatic N) is 4. The molecule has 0 bridgehead atoms. The minimum absolute atomic E-state index is 0.0231. The largest absolute Gasteiger partial charge is 0.508 e. The molecule has 0 saturated carbocycles. The van der Waals surface area contributed by atoms with E-state index in [1.165, 1.54) is 7.11 Å². The monoisotopic (exact) mass is 511 g/mol. The number of nitrogens with one attached hydrogen (secondary N) is 1. The van der Waals surface area contributed by atoms with Gasteiger partial charge in [0.2, 0.25) is 0 Å². The van der Waals surface area contributed by atoms with Crippen LogP contribution < -0.4 is 0 Å². The van der Waals surface area contributed by atoms with Gasteiger partial charge in [0.05, 0.1) is 28.9 Å². The lowest BCUT2D eigenvalue weighted by atomic mass is 10.0. The second-order valence-corrected chi connectivity index (χ2v) is 9.22. The topological polar surface area (TPSA) is 112 Å². The highest BCUT2D eigenvalue weighted by Crippen LogP contribution is 2.29. The first-order valence-electron chi connectivity index (χ1n) is 12.5. The maximum Gasteiger partial charge on any atom is 0.254 e. The van der Waals surface area contributed by atoms with Gasteiger partial charge in [-0.3, -0.25) is 19.6 Å². The van der Waals surface area contributed by atoms with Gasteiger partial charge in [-0.05, 0) is 42.0 Å². The van der Waals surface area contributed by atoms with Crippen LogP contribution in [0.2, 0.25) is 0 Å². The third kappa shape index (κ3) is 5.64. The predicted molar refractivity (Wildman–Crippen MR) is 146 cm³/mol. The number of benzene rings is 2. The molecule has 5 rings (SSSR count). The number of phenols is 1. The molecule has 3 heterocycles. The van der Waals surface area contributed by atoms with Crippen LogP contribution >= 0.6 is 0 Å². The quantitative estimate of drug-likeness (QED) is 0.373. The van der Waals surface area contributed by atoms with Crippen LogP contribution in [0.4, 0.5) is 0 Å². The molecule has 2 aromatic heterocycles. The number of rotatable bonds is 8. The molecule has 0 aliphatic carbocycles. The summed E-state index contributed by atoms with van der Waals surface area (Å²) in [6.45, 7) is 2.62. The highest BCUT2D eigenvalue weighted by atomic mass is 16.5. The van der Waals surface area contributed by atoms with Gasteiger partial charge in [0.15, 0.2) is 11.4 Å². The maximum absolute atomic E-state index is 13.9. The number of amides is 1. The third-order valence-corrected chi connectivity index (χ3v) is 6.55. The predicted octanol–water partition coefficient (Wildman–Crippen LogP) is 3.47. The lowest BCUT2D eigenvalue weighted by Gasteiger charge is -2.34. The van der Waals surface area contributed by atoms with E-state index in [4.69, 9.17) is 9.72 Å². The van der Waals surface area contributed by atoms with Gasteiger partial charge in [0.25, 0.3) is 5.91 Å². The van der Waals surface area contributed by atoms with Crippen molar-refractivity contribution in [2.45, 2.75) is 0 Å². The Kier molecular flexibility index (Phi) is 7.57. The molecular formula is C29H29N5O4. The van der Waals surface area contributed by atoms with Gasteiger partial charge in [0, 0.05) is 38.9 Å². The third-order valence-electron chi connectivity index (χ3n) is 6.55. The van der Waals surface area contributed by atoms with Crippen molar-refractivity contribution in [1.82, 2.24) is 25.0 Å². The number of aromatic hydroxyl groups is 1. The van der Waals surface area contributed by atoms with E-state index < -0.39 is 0 Å². The second kappa shape index (κ2) is 11.4. The van der Waals surface area contributed by atoms with E-state index in [9.17, 15) is 14.7 Å². The lowest BCUT2D eigenvalue weighted by Crippen LogP contribution is -2.50. The minimum Gasteiger partial charge on any atom is -0.508 e. The average molecular weight is 512 g/mol. The zero-order valence-corrected chi connectivity index (χ0v) is 21.1. The number of pyridine rings is 1. The molecule has 194 valence electrons. The number of carbonyl (C=O) groups is 2. The number of hydrogen-bond donors (Lipinski definition) is 2. The summed E-state index contributed by atoms with van der Waals surface area (Å²) in [4.78, 5) is 34.5. The van der Waals surface area contributed by atoms with Gasteiger partial charge in [-0.25, -0.2) is 4.98 Å². The Balaban J connectivity index is 1.48. The highest BCUT2D eigenvalue weighted by Gasteiger charge is 2.26. The fourth-order valence-electron chi connectivity index (χ4n) is 4.60. The number of carbonyl (C=O) groups excluding carboxylic acids is 2. The molecular weight excluding hydrogens is 482 g/mol. The number of methoxy groups -OCH3 is 1. The average Bonchev–Trinajstić information content (AvgIpc) is 3.35. The van der Waals surface area contributed by atoms with E-state index in [1.807, 2.05) is 52.3 Å². The Labute approximate surface area is 220 Å². The molecule has 1 amide bonds. The lowest BCUT2D eigenvalue weighted by molar-refractivity contribution is -0.124. The molecule has 1 aliphatic heterocycles. The van der Waals surface area contributed by atoms with Gasteiger partial charge in [0.1, 0.15) is 12.4 Å². The SMILES string of the molecule is COCC(=O)CN1CCN(C(=O)c2cc(-c3ccc(O)cc3)nc3[nH]nc(C=Cc4ccccc4)c23)CC1. The van der Waals surface area contributed by atoms with Crippen LogP contribution in [-0.4, -0.2) is 88.2 Å². The van der Waals surface area contributed by atoms with Gasteiger partial charge in [-0.15, -0.1) is 0 Å². The fourth-order valence-corrected chi connectivity index (χ4v) is 4.60. The molecule has 9 nitrogen and oxygen atoms in total. The van der Waals surface area contributed by atoms with Crippen LogP contribution in [-0.2, 0) is 9.53 Å². The molecule has 9 heteroatoms. The summed E-state index contributed by atoms with van der Waals surface area (Å²) in [7, 11) is 1.51. The number of aromatic amines is 1. The number of Topliss-reactive ketones (excluding diaryl/α,β-unsaturated/α-hetero) is 1. The molecule has 38 heavy (non-hydrogen) atoms.